The van der Waals surface area contributed by atoms with Crippen LogP contribution in [0.3, 0.4) is 0 Å². The molecule has 0 spiro atoms. The van der Waals surface area contributed by atoms with Crippen molar-refractivity contribution in [2.24, 2.45) is 0 Å². The smallest absolute Gasteiger partial charge is 0.00619 e. The fourth-order valence-electron chi connectivity index (χ4n) is 9.36. The molecule has 0 N–H and O–H groups in total. The van der Waals surface area contributed by atoms with E-state index in [9.17, 15) is 0 Å². The Morgan fingerprint density at radius 3 is 1.44 bits per heavy atom. The number of benzene rings is 10. The molecule has 0 nitrogen and oxygen atoms in total. The van der Waals surface area contributed by atoms with Crippen molar-refractivity contribution in [2.45, 2.75) is 19.3 Å². The molecule has 0 bridgehead atoms. The average Bonchev–Trinajstić information content (AvgIpc) is 3.26. The van der Waals surface area contributed by atoms with Crippen molar-refractivity contribution >= 4 is 70.2 Å². The molecule has 11 rings (SSSR count). The Balaban J connectivity index is 0.942. The van der Waals surface area contributed by atoms with Gasteiger partial charge in [0.1, 0.15) is 0 Å². The van der Waals surface area contributed by atoms with Gasteiger partial charge in [-0.15, -0.1) is 0 Å². The van der Waals surface area contributed by atoms with Crippen LogP contribution >= 0.6 is 0 Å². The minimum atomic E-state index is 0.309. The first-order valence-corrected chi connectivity index (χ1v) is 19.4. The second-order valence-corrected chi connectivity index (χ2v) is 15.2. The topological polar surface area (TPSA) is 0 Å². The van der Waals surface area contributed by atoms with Gasteiger partial charge in [-0.05, 0) is 147 Å². The number of aryl methyl sites for hydroxylation is 1. The Morgan fingerprint density at radius 2 is 0.836 bits per heavy atom. The molecular formula is C55H38. The highest BCUT2D eigenvalue weighted by molar-refractivity contribution is 6.26. The number of fused-ring (bicyclic) bond motifs is 12. The second-order valence-electron chi connectivity index (χ2n) is 15.2. The molecule has 1 unspecified atom stereocenters. The molecule has 55 heavy (non-hydrogen) atoms. The zero-order valence-electron chi connectivity index (χ0n) is 30.8. The summed E-state index contributed by atoms with van der Waals surface area (Å²) in [7, 11) is 0. The SMILES string of the molecule is Cc1ccc(C2=CC=CC(c3ccc4c5ccccc5c5ccccc5c4c3)C2)cc1-c1cccc(-c2ccc3c4ccccc4c4ccccc4c3c2)c1. The van der Waals surface area contributed by atoms with Gasteiger partial charge < -0.3 is 0 Å². The molecule has 0 aromatic heterocycles. The van der Waals surface area contributed by atoms with E-state index < -0.39 is 0 Å². The van der Waals surface area contributed by atoms with Gasteiger partial charge in [-0.2, -0.15) is 0 Å². The van der Waals surface area contributed by atoms with Crippen molar-refractivity contribution in [2.75, 3.05) is 0 Å². The fourth-order valence-corrected chi connectivity index (χ4v) is 9.36. The van der Waals surface area contributed by atoms with E-state index >= 15 is 0 Å². The summed E-state index contributed by atoms with van der Waals surface area (Å²) in [6.45, 7) is 2.24. The Kier molecular flexibility index (Phi) is 7.32. The molecule has 0 heteroatoms. The lowest BCUT2D eigenvalue weighted by molar-refractivity contribution is 0.869. The van der Waals surface area contributed by atoms with E-state index in [-0.39, 0.29) is 0 Å². The van der Waals surface area contributed by atoms with E-state index in [4.69, 9.17) is 0 Å². The van der Waals surface area contributed by atoms with Crippen LogP contribution in [0.25, 0.3) is 92.5 Å². The Labute approximate surface area is 321 Å². The molecule has 0 heterocycles. The van der Waals surface area contributed by atoms with Gasteiger partial charge in [-0.3, -0.25) is 0 Å². The number of hydrogen-bond donors (Lipinski definition) is 0. The molecule has 10 aromatic carbocycles. The van der Waals surface area contributed by atoms with Crippen molar-refractivity contribution in [3.05, 3.63) is 211 Å². The third-order valence-electron chi connectivity index (χ3n) is 12.1. The molecule has 0 radical (unpaired) electrons. The molecule has 0 saturated heterocycles. The predicted octanol–water partition coefficient (Wildman–Crippen LogP) is 15.4. The molecule has 0 saturated carbocycles. The van der Waals surface area contributed by atoms with Gasteiger partial charge in [0.05, 0.1) is 0 Å². The Bertz CT molecular complexity index is 3170. The number of rotatable bonds is 4. The average molecular weight is 699 g/mol. The summed E-state index contributed by atoms with van der Waals surface area (Å²) in [5.41, 5.74) is 10.3. The summed E-state index contributed by atoms with van der Waals surface area (Å²) < 4.78 is 0. The zero-order valence-corrected chi connectivity index (χ0v) is 30.8. The van der Waals surface area contributed by atoms with E-state index in [0.29, 0.717) is 5.92 Å². The summed E-state index contributed by atoms with van der Waals surface area (Å²) in [6.07, 6.45) is 7.92. The Morgan fingerprint density at radius 1 is 0.364 bits per heavy atom. The number of hydrogen-bond acceptors (Lipinski definition) is 0. The highest BCUT2D eigenvalue weighted by Gasteiger charge is 2.18. The maximum absolute atomic E-state index is 2.45. The normalized spacial score (nSPS) is 14.4. The van der Waals surface area contributed by atoms with E-state index in [1.807, 2.05) is 0 Å². The minimum Gasteiger partial charge on any atom is -0.0767 e. The quantitative estimate of drug-likeness (QED) is 0.161. The van der Waals surface area contributed by atoms with Crippen LogP contribution in [0.4, 0.5) is 0 Å². The van der Waals surface area contributed by atoms with Crippen LogP contribution in [0.5, 0.6) is 0 Å². The first-order valence-electron chi connectivity index (χ1n) is 19.4. The fraction of sp³-hybridized carbons (Fsp3) is 0.0545. The van der Waals surface area contributed by atoms with Crippen LogP contribution < -0.4 is 0 Å². The van der Waals surface area contributed by atoms with Crippen molar-refractivity contribution in [3.8, 4) is 22.3 Å². The molecule has 0 amide bonds. The molecule has 1 atom stereocenters. The van der Waals surface area contributed by atoms with Gasteiger partial charge in [-0.25, -0.2) is 0 Å². The third kappa shape index (κ3) is 5.21. The lowest BCUT2D eigenvalue weighted by atomic mass is 9.83. The summed E-state index contributed by atoms with van der Waals surface area (Å²) in [5.74, 6) is 0.309. The first-order chi connectivity index (χ1) is 27.2. The monoisotopic (exact) mass is 698 g/mol. The summed E-state index contributed by atoms with van der Waals surface area (Å²) >= 11 is 0. The summed E-state index contributed by atoms with van der Waals surface area (Å²) in [5, 5.41) is 15.8. The highest BCUT2D eigenvalue weighted by Crippen LogP contribution is 2.41. The van der Waals surface area contributed by atoms with Crippen molar-refractivity contribution in [1.82, 2.24) is 0 Å². The van der Waals surface area contributed by atoms with Crippen LogP contribution in [-0.4, -0.2) is 0 Å². The highest BCUT2D eigenvalue weighted by atomic mass is 14.2. The lowest BCUT2D eigenvalue weighted by Crippen LogP contribution is -2.01. The predicted molar refractivity (Wildman–Crippen MR) is 238 cm³/mol. The van der Waals surface area contributed by atoms with Crippen molar-refractivity contribution in [3.63, 3.8) is 0 Å². The van der Waals surface area contributed by atoms with Crippen LogP contribution in [0, 0.1) is 6.92 Å². The van der Waals surface area contributed by atoms with Crippen LogP contribution in [0.2, 0.25) is 0 Å². The summed E-state index contributed by atoms with van der Waals surface area (Å²) in [6, 6.07) is 65.6. The van der Waals surface area contributed by atoms with E-state index in [0.717, 1.165) is 6.42 Å². The molecule has 0 aliphatic heterocycles. The molecule has 10 aromatic rings. The zero-order chi connectivity index (χ0) is 36.5. The van der Waals surface area contributed by atoms with Gasteiger partial charge in [0.25, 0.3) is 0 Å². The van der Waals surface area contributed by atoms with E-state index in [1.54, 1.807) is 0 Å². The molecule has 1 aliphatic carbocycles. The second kappa shape index (κ2) is 12.7. The van der Waals surface area contributed by atoms with Gasteiger partial charge in [0.2, 0.25) is 0 Å². The van der Waals surface area contributed by atoms with Crippen LogP contribution in [0.15, 0.2) is 194 Å². The molecule has 1 aliphatic rings. The standard InChI is InChI=1S/C55H38/c1-35-24-25-39(36-12-10-13-37(30-36)40-26-28-51-47-20-4-2-16-43(47)45-18-6-8-22-49(45)54(51)33-40)32-53(35)42-15-11-14-38(31-42)41-27-29-52-48-21-5-3-17-44(48)46-19-7-9-23-50(46)55(52)34-41/h2-29,31-34,37H,30H2,1H3. The third-order valence-corrected chi connectivity index (χ3v) is 12.1. The van der Waals surface area contributed by atoms with Crippen LogP contribution in [0.1, 0.15) is 29.0 Å². The van der Waals surface area contributed by atoms with Crippen molar-refractivity contribution < 1.29 is 0 Å². The van der Waals surface area contributed by atoms with Gasteiger partial charge in [-0.1, -0.05) is 170 Å². The maximum Gasteiger partial charge on any atom is 0.00619 e. The Hall–Kier alpha value is -6.76. The van der Waals surface area contributed by atoms with E-state index in [2.05, 4.69) is 201 Å². The van der Waals surface area contributed by atoms with Gasteiger partial charge in [0.15, 0.2) is 0 Å². The number of allylic oxidation sites excluding steroid dienone is 4. The molecular weight excluding hydrogens is 661 g/mol. The first kappa shape index (κ1) is 31.7. The molecule has 258 valence electrons. The van der Waals surface area contributed by atoms with E-state index in [1.165, 1.54) is 109 Å². The minimum absolute atomic E-state index is 0.309. The van der Waals surface area contributed by atoms with Crippen molar-refractivity contribution in [1.29, 1.82) is 0 Å². The van der Waals surface area contributed by atoms with Gasteiger partial charge >= 0.3 is 0 Å². The van der Waals surface area contributed by atoms with Gasteiger partial charge in [0, 0.05) is 5.92 Å². The largest absolute Gasteiger partial charge is 0.0767 e. The summed E-state index contributed by atoms with van der Waals surface area (Å²) in [4.78, 5) is 0. The lowest BCUT2D eigenvalue weighted by Gasteiger charge is -2.21. The van der Waals surface area contributed by atoms with Crippen LogP contribution in [-0.2, 0) is 0 Å². The molecule has 0 fully saturated rings. The maximum atomic E-state index is 2.45.